The second-order valence-corrected chi connectivity index (χ2v) is 7.44. The third-order valence-corrected chi connectivity index (χ3v) is 5.24. The fraction of sp³-hybridized carbons (Fsp3) is 0.421. The van der Waals surface area contributed by atoms with Crippen molar-refractivity contribution in [1.82, 2.24) is 25.2 Å². The number of guanidine groups is 1. The maximum absolute atomic E-state index is 4.65. The molecule has 146 valence electrons. The van der Waals surface area contributed by atoms with Gasteiger partial charge in [0.1, 0.15) is 5.01 Å². The molecule has 0 bridgehead atoms. The minimum atomic E-state index is 0. The number of nitrogens with zero attached hydrogens (tertiary/aromatic N) is 4. The number of para-hydroxylation sites is 2. The van der Waals surface area contributed by atoms with Gasteiger partial charge in [-0.1, -0.05) is 12.1 Å². The Bertz CT molecular complexity index is 866. The van der Waals surface area contributed by atoms with Gasteiger partial charge in [0, 0.05) is 24.5 Å². The normalized spacial score (nSPS) is 11.4. The topological polar surface area (TPSA) is 67.1 Å². The molecule has 3 rings (SSSR count). The summed E-state index contributed by atoms with van der Waals surface area (Å²) in [6.07, 6.45) is 2.91. The van der Waals surface area contributed by atoms with Crippen LogP contribution in [-0.4, -0.2) is 33.6 Å². The Morgan fingerprint density at radius 1 is 1.22 bits per heavy atom. The minimum Gasteiger partial charge on any atom is -0.357 e. The van der Waals surface area contributed by atoms with Gasteiger partial charge < -0.3 is 15.2 Å². The van der Waals surface area contributed by atoms with Gasteiger partial charge in [-0.3, -0.25) is 0 Å². The van der Waals surface area contributed by atoms with Crippen molar-refractivity contribution in [3.8, 4) is 0 Å². The van der Waals surface area contributed by atoms with E-state index in [0.29, 0.717) is 6.54 Å². The highest BCUT2D eigenvalue weighted by Crippen LogP contribution is 2.17. The van der Waals surface area contributed by atoms with E-state index in [1.54, 1.807) is 11.3 Å². The smallest absolute Gasteiger partial charge is 0.191 e. The molecule has 0 unspecified atom stereocenters. The summed E-state index contributed by atoms with van der Waals surface area (Å²) in [5, 5.41) is 7.76. The molecule has 8 heteroatoms. The molecule has 0 aliphatic carbocycles. The Kier molecular flexibility index (Phi) is 8.49. The number of rotatable bonds is 7. The van der Waals surface area contributed by atoms with Gasteiger partial charge in [-0.2, -0.15) is 0 Å². The van der Waals surface area contributed by atoms with Gasteiger partial charge in [0.15, 0.2) is 5.96 Å². The molecule has 0 saturated carbocycles. The molecule has 2 N–H and O–H groups in total. The first kappa shape index (κ1) is 21.6. The van der Waals surface area contributed by atoms with Crippen LogP contribution in [0.2, 0.25) is 0 Å². The van der Waals surface area contributed by atoms with Crippen molar-refractivity contribution in [2.24, 2.45) is 4.99 Å². The lowest BCUT2D eigenvalue weighted by molar-refractivity contribution is 0.637. The molecule has 2 aromatic heterocycles. The lowest BCUT2D eigenvalue weighted by Crippen LogP contribution is -2.38. The zero-order valence-corrected chi connectivity index (χ0v) is 19.2. The summed E-state index contributed by atoms with van der Waals surface area (Å²) in [6.45, 7) is 9.46. The molecular formula is C19H27IN6S. The van der Waals surface area contributed by atoms with Crippen LogP contribution in [0.5, 0.6) is 0 Å². The van der Waals surface area contributed by atoms with Crippen LogP contribution in [0, 0.1) is 13.8 Å². The van der Waals surface area contributed by atoms with Crippen LogP contribution in [0.3, 0.4) is 0 Å². The molecule has 1 aromatic carbocycles. The van der Waals surface area contributed by atoms with Crippen LogP contribution >= 0.6 is 35.3 Å². The number of fused-ring (bicyclic) bond motifs is 1. The van der Waals surface area contributed by atoms with Crippen LogP contribution in [0.1, 0.15) is 28.9 Å². The highest BCUT2D eigenvalue weighted by Gasteiger charge is 2.04. The molecule has 0 radical (unpaired) electrons. The average Bonchev–Trinajstić information content (AvgIpc) is 3.20. The minimum absolute atomic E-state index is 0. The van der Waals surface area contributed by atoms with E-state index in [-0.39, 0.29) is 24.0 Å². The number of nitrogens with one attached hydrogen (secondary N) is 2. The van der Waals surface area contributed by atoms with Crippen molar-refractivity contribution in [3.05, 3.63) is 46.2 Å². The van der Waals surface area contributed by atoms with E-state index in [0.717, 1.165) is 48.2 Å². The van der Waals surface area contributed by atoms with Crippen molar-refractivity contribution in [2.75, 3.05) is 13.1 Å². The van der Waals surface area contributed by atoms with Crippen LogP contribution in [0.4, 0.5) is 0 Å². The Morgan fingerprint density at radius 3 is 2.78 bits per heavy atom. The number of benzene rings is 1. The number of aromatic nitrogens is 3. The maximum Gasteiger partial charge on any atom is 0.191 e. The first-order valence-electron chi connectivity index (χ1n) is 9.02. The highest BCUT2D eigenvalue weighted by atomic mass is 127. The molecule has 0 aliphatic rings. The predicted molar refractivity (Wildman–Crippen MR) is 124 cm³/mol. The van der Waals surface area contributed by atoms with Gasteiger partial charge >= 0.3 is 0 Å². The molecule has 0 saturated heterocycles. The number of hydrogen-bond donors (Lipinski definition) is 2. The Balaban J connectivity index is 0.00000261. The monoisotopic (exact) mass is 498 g/mol. The lowest BCUT2D eigenvalue weighted by atomic mass is 10.3. The molecule has 3 aromatic rings. The van der Waals surface area contributed by atoms with E-state index < -0.39 is 0 Å². The zero-order chi connectivity index (χ0) is 18.4. The molecule has 0 fully saturated rings. The molecule has 6 nitrogen and oxygen atoms in total. The van der Waals surface area contributed by atoms with E-state index in [2.05, 4.69) is 56.1 Å². The zero-order valence-electron chi connectivity index (χ0n) is 16.0. The number of imidazole rings is 1. The van der Waals surface area contributed by atoms with Crippen molar-refractivity contribution in [1.29, 1.82) is 0 Å². The first-order chi connectivity index (χ1) is 12.7. The van der Waals surface area contributed by atoms with Crippen molar-refractivity contribution in [3.63, 3.8) is 0 Å². The van der Waals surface area contributed by atoms with Gasteiger partial charge in [-0.05, 0) is 39.3 Å². The van der Waals surface area contributed by atoms with Gasteiger partial charge in [-0.25, -0.2) is 15.0 Å². The van der Waals surface area contributed by atoms with Crippen LogP contribution in [0.25, 0.3) is 11.0 Å². The maximum atomic E-state index is 4.65. The van der Waals surface area contributed by atoms with E-state index in [1.165, 1.54) is 10.4 Å². The average molecular weight is 498 g/mol. The van der Waals surface area contributed by atoms with E-state index in [4.69, 9.17) is 0 Å². The molecular weight excluding hydrogens is 471 g/mol. The van der Waals surface area contributed by atoms with Gasteiger partial charge in [0.25, 0.3) is 0 Å². The standard InChI is InChI=1S/C19H26N6S.HI/c1-4-20-19(22-12-18-24-14(2)15(3)26-18)21-10-7-11-25-13-23-16-8-5-6-9-17(16)25;/h5-6,8-9,13H,4,7,10-12H2,1-3H3,(H2,20,21,22);1H. The van der Waals surface area contributed by atoms with Crippen LogP contribution in [0.15, 0.2) is 35.6 Å². The van der Waals surface area contributed by atoms with Crippen molar-refractivity contribution in [2.45, 2.75) is 40.3 Å². The van der Waals surface area contributed by atoms with Gasteiger partial charge in [0.05, 0.1) is 29.6 Å². The number of hydrogen-bond acceptors (Lipinski definition) is 4. The predicted octanol–water partition coefficient (Wildman–Crippen LogP) is 3.87. The van der Waals surface area contributed by atoms with Crippen LogP contribution in [-0.2, 0) is 13.1 Å². The summed E-state index contributed by atoms with van der Waals surface area (Å²) in [4.78, 5) is 14.9. The molecule has 0 atom stereocenters. The van der Waals surface area contributed by atoms with Gasteiger partial charge in [-0.15, -0.1) is 35.3 Å². The summed E-state index contributed by atoms with van der Waals surface area (Å²) < 4.78 is 2.20. The quantitative estimate of drug-likeness (QED) is 0.225. The fourth-order valence-electron chi connectivity index (χ4n) is 2.74. The largest absolute Gasteiger partial charge is 0.357 e. The molecule has 0 spiro atoms. The number of thiazole rings is 1. The Morgan fingerprint density at radius 2 is 2.04 bits per heavy atom. The lowest BCUT2D eigenvalue weighted by Gasteiger charge is -2.11. The second kappa shape index (κ2) is 10.6. The summed E-state index contributed by atoms with van der Waals surface area (Å²) in [5.74, 6) is 0.841. The molecule has 0 amide bonds. The van der Waals surface area contributed by atoms with E-state index >= 15 is 0 Å². The van der Waals surface area contributed by atoms with Crippen molar-refractivity contribution >= 4 is 52.3 Å². The van der Waals surface area contributed by atoms with E-state index in [1.807, 2.05) is 25.4 Å². The molecule has 2 heterocycles. The van der Waals surface area contributed by atoms with E-state index in [9.17, 15) is 0 Å². The summed E-state index contributed by atoms with van der Waals surface area (Å²) >= 11 is 1.72. The first-order valence-corrected chi connectivity index (χ1v) is 9.84. The second-order valence-electron chi connectivity index (χ2n) is 6.15. The Hall–Kier alpha value is -1.68. The third kappa shape index (κ3) is 5.90. The SMILES string of the molecule is CCNC(=NCc1nc(C)c(C)s1)NCCCn1cnc2ccccc21.I. The summed E-state index contributed by atoms with van der Waals surface area (Å²) in [6, 6.07) is 8.23. The number of aryl methyl sites for hydroxylation is 3. The fourth-order valence-corrected chi connectivity index (χ4v) is 3.60. The molecule has 27 heavy (non-hydrogen) atoms. The summed E-state index contributed by atoms with van der Waals surface area (Å²) in [5.41, 5.74) is 3.33. The summed E-state index contributed by atoms with van der Waals surface area (Å²) in [7, 11) is 0. The number of aliphatic imine (C=N–C) groups is 1. The van der Waals surface area contributed by atoms with Gasteiger partial charge in [0.2, 0.25) is 0 Å². The molecule has 0 aliphatic heterocycles. The number of halogens is 1. The Labute approximate surface area is 181 Å². The third-order valence-electron chi connectivity index (χ3n) is 4.19. The highest BCUT2D eigenvalue weighted by molar-refractivity contribution is 14.0. The van der Waals surface area contributed by atoms with Crippen LogP contribution < -0.4 is 10.6 Å². The van der Waals surface area contributed by atoms with Crippen molar-refractivity contribution < 1.29 is 0 Å².